The van der Waals surface area contributed by atoms with Gasteiger partial charge in [0.15, 0.2) is 0 Å². The van der Waals surface area contributed by atoms with Gasteiger partial charge >= 0.3 is 0 Å². The normalized spacial score (nSPS) is 18.0. The lowest BCUT2D eigenvalue weighted by Crippen LogP contribution is -2.47. The lowest BCUT2D eigenvalue weighted by atomic mass is 9.95. The molecule has 27 heavy (non-hydrogen) atoms. The van der Waals surface area contributed by atoms with E-state index in [0.717, 1.165) is 31.4 Å². The first-order valence-corrected chi connectivity index (χ1v) is 9.70. The summed E-state index contributed by atoms with van der Waals surface area (Å²) in [5.41, 5.74) is 7.11. The highest BCUT2D eigenvalue weighted by atomic mass is 35.5. The summed E-state index contributed by atoms with van der Waals surface area (Å²) in [6, 6.07) is 9.89. The van der Waals surface area contributed by atoms with E-state index in [1.54, 1.807) is 4.90 Å². The van der Waals surface area contributed by atoms with E-state index >= 15 is 0 Å². The maximum Gasteiger partial charge on any atom is 0.227 e. The van der Waals surface area contributed by atoms with Gasteiger partial charge in [0, 0.05) is 32.7 Å². The molecule has 2 atom stereocenters. The Bertz CT molecular complexity index is 594. The molecular weight excluding hydrogens is 362 g/mol. The third-order valence-corrected chi connectivity index (χ3v) is 5.35. The van der Waals surface area contributed by atoms with Crippen molar-refractivity contribution in [3.63, 3.8) is 0 Å². The number of hydrogen-bond acceptors (Lipinski definition) is 3. The maximum atomic E-state index is 12.8. The van der Waals surface area contributed by atoms with Crippen LogP contribution in [0.4, 0.5) is 0 Å². The molecule has 0 saturated carbocycles. The van der Waals surface area contributed by atoms with Crippen molar-refractivity contribution in [1.82, 2.24) is 9.80 Å². The molecule has 0 radical (unpaired) electrons. The van der Waals surface area contributed by atoms with Crippen LogP contribution in [-0.2, 0) is 16.0 Å². The molecule has 1 aliphatic heterocycles. The van der Waals surface area contributed by atoms with E-state index in [1.807, 2.05) is 42.3 Å². The quantitative estimate of drug-likeness (QED) is 0.771. The summed E-state index contributed by atoms with van der Waals surface area (Å²) < 4.78 is 0. The van der Waals surface area contributed by atoms with Crippen LogP contribution in [0.2, 0.25) is 0 Å². The molecule has 1 saturated heterocycles. The molecule has 1 fully saturated rings. The molecule has 0 spiro atoms. The highest BCUT2D eigenvalue weighted by Crippen LogP contribution is 2.20. The van der Waals surface area contributed by atoms with Gasteiger partial charge in [-0.25, -0.2) is 0 Å². The zero-order valence-corrected chi connectivity index (χ0v) is 17.6. The molecule has 2 N–H and O–H groups in total. The number of amides is 2. The van der Waals surface area contributed by atoms with Crippen molar-refractivity contribution in [1.29, 1.82) is 0 Å². The van der Waals surface area contributed by atoms with Crippen LogP contribution >= 0.6 is 12.4 Å². The summed E-state index contributed by atoms with van der Waals surface area (Å²) in [6.07, 6.45) is 2.95. The Morgan fingerprint density at radius 1 is 1.26 bits per heavy atom. The molecule has 152 valence electrons. The van der Waals surface area contributed by atoms with Crippen molar-refractivity contribution in [2.24, 2.45) is 17.6 Å². The molecule has 0 aromatic heterocycles. The predicted molar refractivity (Wildman–Crippen MR) is 112 cm³/mol. The number of rotatable bonds is 7. The van der Waals surface area contributed by atoms with Crippen molar-refractivity contribution >= 4 is 24.2 Å². The number of likely N-dealkylation sites (tertiary alicyclic amines) is 1. The minimum Gasteiger partial charge on any atom is -0.345 e. The largest absolute Gasteiger partial charge is 0.345 e. The zero-order chi connectivity index (χ0) is 19.1. The zero-order valence-electron chi connectivity index (χ0n) is 16.8. The van der Waals surface area contributed by atoms with Gasteiger partial charge < -0.3 is 15.5 Å². The van der Waals surface area contributed by atoms with Gasteiger partial charge in [-0.2, -0.15) is 0 Å². The fourth-order valence-electron chi connectivity index (χ4n) is 3.39. The van der Waals surface area contributed by atoms with Crippen molar-refractivity contribution in [2.75, 3.05) is 26.7 Å². The Morgan fingerprint density at radius 3 is 2.56 bits per heavy atom. The van der Waals surface area contributed by atoms with E-state index in [9.17, 15) is 9.59 Å². The Hall–Kier alpha value is -1.59. The molecule has 5 nitrogen and oxygen atoms in total. The fraction of sp³-hybridized carbons (Fsp3) is 0.619. The number of piperidine rings is 1. The van der Waals surface area contributed by atoms with Gasteiger partial charge in [-0.15, -0.1) is 12.4 Å². The first kappa shape index (κ1) is 23.4. The van der Waals surface area contributed by atoms with E-state index in [0.29, 0.717) is 25.4 Å². The number of hydrogen-bond donors (Lipinski definition) is 1. The van der Waals surface area contributed by atoms with Crippen molar-refractivity contribution in [2.45, 2.75) is 45.6 Å². The molecule has 1 heterocycles. The van der Waals surface area contributed by atoms with Gasteiger partial charge in [-0.1, -0.05) is 44.2 Å². The molecule has 2 rings (SSSR count). The topological polar surface area (TPSA) is 66.6 Å². The number of carbonyl (C=O) groups excluding carboxylic acids is 2. The third kappa shape index (κ3) is 7.15. The first-order valence-electron chi connectivity index (χ1n) is 9.70. The van der Waals surface area contributed by atoms with E-state index in [2.05, 4.69) is 13.8 Å². The van der Waals surface area contributed by atoms with E-state index in [4.69, 9.17) is 5.73 Å². The van der Waals surface area contributed by atoms with E-state index in [1.165, 1.54) is 0 Å². The second-order valence-corrected chi connectivity index (χ2v) is 7.80. The Kier molecular flexibility index (Phi) is 9.81. The van der Waals surface area contributed by atoms with E-state index in [-0.39, 0.29) is 36.2 Å². The van der Waals surface area contributed by atoms with Crippen molar-refractivity contribution in [3.8, 4) is 0 Å². The number of halogens is 1. The lowest BCUT2D eigenvalue weighted by Gasteiger charge is -2.34. The molecule has 2 unspecified atom stereocenters. The van der Waals surface area contributed by atoms with Crippen LogP contribution in [0.25, 0.3) is 0 Å². The summed E-state index contributed by atoms with van der Waals surface area (Å²) in [5.74, 6) is 0.569. The maximum absolute atomic E-state index is 12.8. The average Bonchev–Trinajstić information content (AvgIpc) is 2.65. The molecule has 0 aliphatic carbocycles. The van der Waals surface area contributed by atoms with Gasteiger partial charge in [-0.05, 0) is 30.7 Å². The Labute approximate surface area is 169 Å². The molecule has 1 aromatic rings. The highest BCUT2D eigenvalue weighted by molar-refractivity contribution is 5.85. The Balaban J connectivity index is 0.00000364. The van der Waals surface area contributed by atoms with Crippen molar-refractivity contribution in [3.05, 3.63) is 35.9 Å². The standard InChI is InChI=1S/C21H33N3O2.ClH/c1-16(2)19(22)11-13-23(3)21(26)18-10-7-12-24(15-18)20(25)14-17-8-5-4-6-9-17;/h4-6,8-9,16,18-19H,7,10-15,22H2,1-3H3;1H. The third-order valence-electron chi connectivity index (χ3n) is 5.35. The van der Waals surface area contributed by atoms with Gasteiger partial charge in [0.1, 0.15) is 0 Å². The summed E-state index contributed by atoms with van der Waals surface area (Å²) >= 11 is 0. The molecule has 2 amide bonds. The van der Waals surface area contributed by atoms with Crippen LogP contribution in [-0.4, -0.2) is 54.3 Å². The average molecular weight is 396 g/mol. The second-order valence-electron chi connectivity index (χ2n) is 7.80. The first-order chi connectivity index (χ1) is 12.4. The number of benzene rings is 1. The van der Waals surface area contributed by atoms with Crippen LogP contribution in [0.15, 0.2) is 30.3 Å². The van der Waals surface area contributed by atoms with Gasteiger partial charge in [0.05, 0.1) is 12.3 Å². The lowest BCUT2D eigenvalue weighted by molar-refractivity contribution is -0.139. The van der Waals surface area contributed by atoms with Crippen LogP contribution < -0.4 is 5.73 Å². The molecule has 0 bridgehead atoms. The van der Waals surface area contributed by atoms with Crippen LogP contribution in [0.3, 0.4) is 0 Å². The minimum absolute atomic E-state index is 0. The highest BCUT2D eigenvalue weighted by Gasteiger charge is 2.30. The molecule has 6 heteroatoms. The summed E-state index contributed by atoms with van der Waals surface area (Å²) in [6.45, 7) is 6.16. The monoisotopic (exact) mass is 395 g/mol. The van der Waals surface area contributed by atoms with Crippen molar-refractivity contribution < 1.29 is 9.59 Å². The number of nitrogens with zero attached hydrogens (tertiary/aromatic N) is 2. The van der Waals surface area contributed by atoms with Gasteiger partial charge in [0.25, 0.3) is 0 Å². The molecule has 1 aromatic carbocycles. The predicted octanol–water partition coefficient (Wildman–Crippen LogP) is 2.72. The van der Waals surface area contributed by atoms with E-state index < -0.39 is 0 Å². The molecular formula is C21H34ClN3O2. The fourth-order valence-corrected chi connectivity index (χ4v) is 3.39. The smallest absolute Gasteiger partial charge is 0.227 e. The summed E-state index contributed by atoms with van der Waals surface area (Å²) in [4.78, 5) is 29.0. The Morgan fingerprint density at radius 2 is 1.93 bits per heavy atom. The van der Waals surface area contributed by atoms with Crippen LogP contribution in [0.1, 0.15) is 38.7 Å². The number of carbonyl (C=O) groups is 2. The minimum atomic E-state index is -0.0938. The second kappa shape index (κ2) is 11.3. The van der Waals surface area contributed by atoms with Gasteiger partial charge in [-0.3, -0.25) is 9.59 Å². The summed E-state index contributed by atoms with van der Waals surface area (Å²) in [5, 5.41) is 0. The van der Waals surface area contributed by atoms with Crippen LogP contribution in [0, 0.1) is 11.8 Å². The summed E-state index contributed by atoms with van der Waals surface area (Å²) in [7, 11) is 1.85. The van der Waals surface area contributed by atoms with Crippen LogP contribution in [0.5, 0.6) is 0 Å². The molecule has 1 aliphatic rings. The van der Waals surface area contributed by atoms with Gasteiger partial charge in [0.2, 0.25) is 11.8 Å². The number of nitrogens with two attached hydrogens (primary N) is 1. The SMILES string of the molecule is CC(C)C(N)CCN(C)C(=O)C1CCCN(C(=O)Cc2ccccc2)C1.Cl.